The lowest BCUT2D eigenvalue weighted by Gasteiger charge is -2.37. The number of para-hydroxylation sites is 1. The van der Waals surface area contributed by atoms with Gasteiger partial charge in [-0.15, -0.1) is 0 Å². The molecule has 1 aromatic carbocycles. The number of piperidine rings is 1. The first kappa shape index (κ1) is 13.2. The van der Waals surface area contributed by atoms with Crippen LogP contribution in [-0.2, 0) is 0 Å². The van der Waals surface area contributed by atoms with Crippen LogP contribution < -0.4 is 0 Å². The molecular weight excluding hydrogens is 250 g/mol. The summed E-state index contributed by atoms with van der Waals surface area (Å²) in [5.74, 6) is 0.688. The number of amides is 1. The first-order chi connectivity index (χ1) is 9.70. The average Bonchev–Trinajstić information content (AvgIpc) is 2.91. The Bertz CT molecular complexity index is 619. The molecule has 20 heavy (non-hydrogen) atoms. The van der Waals surface area contributed by atoms with Crippen LogP contribution in [0.25, 0.3) is 10.9 Å². The molecule has 0 spiro atoms. The van der Waals surface area contributed by atoms with Gasteiger partial charge in [-0.25, -0.2) is 0 Å². The summed E-state index contributed by atoms with van der Waals surface area (Å²) < 4.78 is 0. The third kappa shape index (κ3) is 2.19. The van der Waals surface area contributed by atoms with E-state index in [9.17, 15) is 4.79 Å². The fraction of sp³-hybridized carbons (Fsp3) is 0.500. The second kappa shape index (κ2) is 5.27. The van der Waals surface area contributed by atoms with E-state index in [0.717, 1.165) is 30.3 Å². The number of aromatic amines is 1. The molecule has 3 rings (SSSR count). The summed E-state index contributed by atoms with van der Waals surface area (Å²) in [5.41, 5.74) is 1.48. The van der Waals surface area contributed by atoms with Gasteiger partial charge in [0.15, 0.2) is 5.69 Å². The molecule has 1 saturated heterocycles. The predicted molar refractivity (Wildman–Crippen MR) is 79.6 cm³/mol. The SMILES string of the molecule is CC[C@H]1CC[C@@H](C)N(C(=O)c2n[nH]c3ccccc23)C1. The Morgan fingerprint density at radius 3 is 3.00 bits per heavy atom. The van der Waals surface area contributed by atoms with Gasteiger partial charge in [-0.1, -0.05) is 31.5 Å². The normalized spacial score (nSPS) is 23.2. The van der Waals surface area contributed by atoms with Crippen molar-refractivity contribution in [2.45, 2.75) is 39.2 Å². The van der Waals surface area contributed by atoms with E-state index in [1.807, 2.05) is 29.2 Å². The van der Waals surface area contributed by atoms with E-state index < -0.39 is 0 Å². The summed E-state index contributed by atoms with van der Waals surface area (Å²) in [6.07, 6.45) is 3.45. The van der Waals surface area contributed by atoms with Gasteiger partial charge >= 0.3 is 0 Å². The van der Waals surface area contributed by atoms with Crippen molar-refractivity contribution in [3.05, 3.63) is 30.0 Å². The smallest absolute Gasteiger partial charge is 0.275 e. The third-order valence-electron chi connectivity index (χ3n) is 4.49. The van der Waals surface area contributed by atoms with Gasteiger partial charge in [0.25, 0.3) is 5.91 Å². The molecule has 0 radical (unpaired) electrons. The molecule has 2 atom stereocenters. The van der Waals surface area contributed by atoms with Crippen LogP contribution in [0.4, 0.5) is 0 Å². The molecule has 0 bridgehead atoms. The number of rotatable bonds is 2. The Kier molecular flexibility index (Phi) is 3.47. The lowest BCUT2D eigenvalue weighted by atomic mass is 9.91. The number of hydrogen-bond donors (Lipinski definition) is 1. The van der Waals surface area contributed by atoms with Gasteiger partial charge in [0.1, 0.15) is 0 Å². The minimum absolute atomic E-state index is 0.0631. The second-order valence-electron chi connectivity index (χ2n) is 5.78. The Hall–Kier alpha value is -1.84. The van der Waals surface area contributed by atoms with Crippen molar-refractivity contribution in [2.24, 2.45) is 5.92 Å². The summed E-state index contributed by atoms with van der Waals surface area (Å²) in [6.45, 7) is 5.20. The summed E-state index contributed by atoms with van der Waals surface area (Å²) in [7, 11) is 0. The van der Waals surface area contributed by atoms with Crippen LogP contribution in [0.3, 0.4) is 0 Å². The topological polar surface area (TPSA) is 49.0 Å². The van der Waals surface area contributed by atoms with Crippen LogP contribution in [0.2, 0.25) is 0 Å². The maximum absolute atomic E-state index is 12.8. The number of carbonyl (C=O) groups excluding carboxylic acids is 1. The Morgan fingerprint density at radius 2 is 2.20 bits per heavy atom. The fourth-order valence-corrected chi connectivity index (χ4v) is 3.06. The van der Waals surface area contributed by atoms with Gasteiger partial charge in [0.2, 0.25) is 0 Å². The van der Waals surface area contributed by atoms with Gasteiger partial charge in [-0.05, 0) is 31.7 Å². The zero-order chi connectivity index (χ0) is 14.1. The second-order valence-corrected chi connectivity index (χ2v) is 5.78. The fourth-order valence-electron chi connectivity index (χ4n) is 3.06. The Balaban J connectivity index is 1.91. The average molecular weight is 271 g/mol. The first-order valence-electron chi connectivity index (χ1n) is 7.44. The van der Waals surface area contributed by atoms with Crippen molar-refractivity contribution in [3.8, 4) is 0 Å². The molecule has 0 aliphatic carbocycles. The molecule has 2 heterocycles. The molecule has 2 aromatic rings. The number of nitrogens with one attached hydrogen (secondary N) is 1. The highest BCUT2D eigenvalue weighted by Crippen LogP contribution is 2.26. The molecular formula is C16H21N3O. The van der Waals surface area contributed by atoms with E-state index in [2.05, 4.69) is 24.0 Å². The van der Waals surface area contributed by atoms with Gasteiger partial charge in [0, 0.05) is 18.0 Å². The molecule has 1 aromatic heterocycles. The van der Waals surface area contributed by atoms with Crippen molar-refractivity contribution in [1.82, 2.24) is 15.1 Å². The van der Waals surface area contributed by atoms with E-state index in [4.69, 9.17) is 0 Å². The van der Waals surface area contributed by atoms with Crippen molar-refractivity contribution in [2.75, 3.05) is 6.54 Å². The summed E-state index contributed by atoms with van der Waals surface area (Å²) in [5, 5.41) is 8.11. The zero-order valence-electron chi connectivity index (χ0n) is 12.1. The maximum atomic E-state index is 12.8. The lowest BCUT2D eigenvalue weighted by Crippen LogP contribution is -2.45. The molecule has 1 amide bonds. The van der Waals surface area contributed by atoms with E-state index in [1.165, 1.54) is 6.42 Å². The molecule has 1 fully saturated rings. The summed E-state index contributed by atoms with van der Waals surface area (Å²) >= 11 is 0. The molecule has 4 heteroatoms. The molecule has 1 aliphatic heterocycles. The summed E-state index contributed by atoms with van der Waals surface area (Å²) in [6, 6.07) is 8.11. The van der Waals surface area contributed by atoms with Gasteiger partial charge in [0.05, 0.1) is 5.52 Å². The molecule has 1 aliphatic rings. The van der Waals surface area contributed by atoms with Crippen LogP contribution in [-0.4, -0.2) is 33.6 Å². The summed E-state index contributed by atoms with van der Waals surface area (Å²) in [4.78, 5) is 14.8. The van der Waals surface area contributed by atoms with E-state index in [-0.39, 0.29) is 5.91 Å². The number of hydrogen-bond acceptors (Lipinski definition) is 2. The third-order valence-corrected chi connectivity index (χ3v) is 4.49. The van der Waals surface area contributed by atoms with Crippen molar-refractivity contribution in [1.29, 1.82) is 0 Å². The van der Waals surface area contributed by atoms with Gasteiger partial charge < -0.3 is 4.90 Å². The molecule has 106 valence electrons. The monoisotopic (exact) mass is 271 g/mol. The highest BCUT2D eigenvalue weighted by Gasteiger charge is 2.30. The van der Waals surface area contributed by atoms with Crippen LogP contribution in [0.5, 0.6) is 0 Å². The van der Waals surface area contributed by atoms with E-state index >= 15 is 0 Å². The minimum atomic E-state index is 0.0631. The van der Waals surface area contributed by atoms with Crippen molar-refractivity contribution in [3.63, 3.8) is 0 Å². The van der Waals surface area contributed by atoms with Crippen LogP contribution in [0, 0.1) is 5.92 Å². The quantitative estimate of drug-likeness (QED) is 0.911. The lowest BCUT2D eigenvalue weighted by molar-refractivity contribution is 0.0552. The number of H-pyrrole nitrogens is 1. The molecule has 0 saturated carbocycles. The molecule has 4 nitrogen and oxygen atoms in total. The zero-order valence-corrected chi connectivity index (χ0v) is 12.1. The number of nitrogens with zero attached hydrogens (tertiary/aromatic N) is 2. The standard InChI is InChI=1S/C16H21N3O/c1-3-12-9-8-11(2)19(10-12)16(20)15-13-6-4-5-7-14(13)17-18-15/h4-7,11-12H,3,8-10H2,1-2H3,(H,17,18)/t11-,12+/m1/s1. The Morgan fingerprint density at radius 1 is 1.40 bits per heavy atom. The largest absolute Gasteiger partial charge is 0.334 e. The van der Waals surface area contributed by atoms with Gasteiger partial charge in [-0.3, -0.25) is 9.89 Å². The number of benzene rings is 1. The number of fused-ring (bicyclic) bond motifs is 1. The van der Waals surface area contributed by atoms with Gasteiger partial charge in [-0.2, -0.15) is 5.10 Å². The van der Waals surface area contributed by atoms with Crippen molar-refractivity contribution < 1.29 is 4.79 Å². The van der Waals surface area contributed by atoms with Crippen LogP contribution in [0.15, 0.2) is 24.3 Å². The first-order valence-corrected chi connectivity index (χ1v) is 7.44. The van der Waals surface area contributed by atoms with Crippen molar-refractivity contribution >= 4 is 16.8 Å². The van der Waals surface area contributed by atoms with E-state index in [1.54, 1.807) is 0 Å². The van der Waals surface area contributed by atoms with Crippen LogP contribution >= 0.6 is 0 Å². The maximum Gasteiger partial charge on any atom is 0.275 e. The minimum Gasteiger partial charge on any atom is -0.334 e. The predicted octanol–water partition coefficient (Wildman–Crippen LogP) is 3.21. The number of likely N-dealkylation sites (tertiary alicyclic amines) is 1. The van der Waals surface area contributed by atoms with Crippen LogP contribution in [0.1, 0.15) is 43.6 Å². The molecule has 1 N–H and O–H groups in total. The highest BCUT2D eigenvalue weighted by atomic mass is 16.2. The molecule has 0 unspecified atom stereocenters. The number of aromatic nitrogens is 2. The Labute approximate surface area is 119 Å². The number of carbonyl (C=O) groups is 1. The highest BCUT2D eigenvalue weighted by molar-refractivity contribution is 6.04. The van der Waals surface area contributed by atoms with E-state index in [0.29, 0.717) is 17.7 Å².